The molecule has 1 fully saturated rings. The van der Waals surface area contributed by atoms with Crippen LogP contribution in [0.2, 0.25) is 0 Å². The van der Waals surface area contributed by atoms with Crippen LogP contribution in [0.5, 0.6) is 0 Å². The maximum absolute atomic E-state index is 12.7. The highest BCUT2D eigenvalue weighted by Crippen LogP contribution is 2.21. The van der Waals surface area contributed by atoms with Crippen LogP contribution in [0.1, 0.15) is 30.4 Å². The molecule has 150 valence electrons. The van der Waals surface area contributed by atoms with Crippen molar-refractivity contribution in [2.45, 2.75) is 30.8 Å². The summed E-state index contributed by atoms with van der Waals surface area (Å²) in [5.41, 5.74) is 1.73. The third kappa shape index (κ3) is 5.19. The molecule has 0 N–H and O–H groups in total. The number of benzene rings is 2. The molecule has 0 aliphatic carbocycles. The summed E-state index contributed by atoms with van der Waals surface area (Å²) in [7, 11) is -3.57. The smallest absolute Gasteiger partial charge is 0.306 e. The molecule has 3 rings (SSSR count). The van der Waals surface area contributed by atoms with Gasteiger partial charge in [-0.25, -0.2) is 8.42 Å². The second-order valence-electron chi connectivity index (χ2n) is 6.84. The predicted octanol–water partition coefficient (Wildman–Crippen LogP) is 2.94. The average molecular weight is 404 g/mol. The van der Waals surface area contributed by atoms with Gasteiger partial charge in [0, 0.05) is 13.1 Å². The van der Waals surface area contributed by atoms with Gasteiger partial charge in [-0.3, -0.25) is 4.79 Å². The van der Waals surface area contributed by atoms with Gasteiger partial charge >= 0.3 is 5.97 Å². The molecule has 1 aliphatic heterocycles. The Morgan fingerprint density at radius 3 is 2.54 bits per heavy atom. The van der Waals surface area contributed by atoms with E-state index in [0.717, 1.165) is 5.56 Å². The third-order valence-electron chi connectivity index (χ3n) is 4.75. The SMILES string of the molecule is C[C@@H](CC(=O)OCc1cccc(S(=O)(=O)N2CCOCC2)c1)c1ccccc1. The van der Waals surface area contributed by atoms with Crippen LogP contribution in [0, 0.1) is 0 Å². The zero-order valence-corrected chi connectivity index (χ0v) is 16.7. The number of ether oxygens (including phenoxy) is 2. The van der Waals surface area contributed by atoms with Crippen LogP contribution in [0.3, 0.4) is 0 Å². The van der Waals surface area contributed by atoms with E-state index in [1.54, 1.807) is 24.3 Å². The Morgan fingerprint density at radius 2 is 1.82 bits per heavy atom. The van der Waals surface area contributed by atoms with E-state index in [2.05, 4.69) is 0 Å². The first-order chi connectivity index (χ1) is 13.5. The Balaban J connectivity index is 1.59. The van der Waals surface area contributed by atoms with Crippen molar-refractivity contribution in [3.63, 3.8) is 0 Å². The molecule has 1 atom stereocenters. The number of rotatable bonds is 7. The molecule has 6 nitrogen and oxygen atoms in total. The molecule has 1 aliphatic rings. The van der Waals surface area contributed by atoms with E-state index in [0.29, 0.717) is 31.9 Å². The van der Waals surface area contributed by atoms with Crippen molar-refractivity contribution in [2.24, 2.45) is 0 Å². The summed E-state index contributed by atoms with van der Waals surface area (Å²) in [4.78, 5) is 12.4. The van der Waals surface area contributed by atoms with Gasteiger partial charge in [0.25, 0.3) is 0 Å². The van der Waals surface area contributed by atoms with Crippen LogP contribution in [0.15, 0.2) is 59.5 Å². The normalized spacial score (nSPS) is 16.5. The molecule has 0 aromatic heterocycles. The van der Waals surface area contributed by atoms with E-state index in [1.807, 2.05) is 37.3 Å². The molecule has 2 aromatic carbocycles. The van der Waals surface area contributed by atoms with Crippen LogP contribution >= 0.6 is 0 Å². The van der Waals surface area contributed by atoms with Gasteiger partial charge in [-0.2, -0.15) is 4.31 Å². The number of nitrogens with zero attached hydrogens (tertiary/aromatic N) is 1. The highest BCUT2D eigenvalue weighted by Gasteiger charge is 2.26. The predicted molar refractivity (Wildman–Crippen MR) is 105 cm³/mol. The van der Waals surface area contributed by atoms with E-state index in [1.165, 1.54) is 4.31 Å². The van der Waals surface area contributed by atoms with Gasteiger partial charge in [-0.15, -0.1) is 0 Å². The Hall–Kier alpha value is -2.22. The number of carbonyl (C=O) groups is 1. The molecule has 7 heteroatoms. The standard InChI is InChI=1S/C21H25NO5S/c1-17(19-7-3-2-4-8-19)14-21(23)27-16-18-6-5-9-20(15-18)28(24,25)22-10-12-26-13-11-22/h2-9,15,17H,10-14,16H2,1H3/t17-/m0/s1. The van der Waals surface area contributed by atoms with Crippen molar-refractivity contribution in [2.75, 3.05) is 26.3 Å². The first kappa shape index (κ1) is 20.5. The molecule has 2 aromatic rings. The van der Waals surface area contributed by atoms with E-state index >= 15 is 0 Å². The lowest BCUT2D eigenvalue weighted by Crippen LogP contribution is -2.40. The summed E-state index contributed by atoms with van der Waals surface area (Å²) in [5.74, 6) is -0.250. The van der Waals surface area contributed by atoms with Gasteiger partial charge in [0.05, 0.1) is 24.5 Å². The van der Waals surface area contributed by atoms with Crippen LogP contribution in [0.4, 0.5) is 0 Å². The van der Waals surface area contributed by atoms with E-state index < -0.39 is 10.0 Å². The average Bonchev–Trinajstić information content (AvgIpc) is 2.74. The minimum Gasteiger partial charge on any atom is -0.461 e. The molecular formula is C21H25NO5S. The minimum absolute atomic E-state index is 0.0484. The van der Waals surface area contributed by atoms with Crippen molar-refractivity contribution in [1.29, 1.82) is 0 Å². The summed E-state index contributed by atoms with van der Waals surface area (Å²) in [6.45, 7) is 3.52. The van der Waals surface area contributed by atoms with Crippen LogP contribution in [-0.4, -0.2) is 45.0 Å². The minimum atomic E-state index is -3.57. The molecule has 1 saturated heterocycles. The van der Waals surface area contributed by atoms with Crippen molar-refractivity contribution in [3.05, 3.63) is 65.7 Å². The molecule has 0 saturated carbocycles. The molecule has 0 bridgehead atoms. The van der Waals surface area contributed by atoms with Crippen molar-refractivity contribution >= 4 is 16.0 Å². The fraction of sp³-hybridized carbons (Fsp3) is 0.381. The lowest BCUT2D eigenvalue weighted by molar-refractivity contribution is -0.145. The van der Waals surface area contributed by atoms with E-state index in [9.17, 15) is 13.2 Å². The maximum Gasteiger partial charge on any atom is 0.306 e. The number of carbonyl (C=O) groups excluding carboxylic acids is 1. The molecule has 28 heavy (non-hydrogen) atoms. The first-order valence-electron chi connectivity index (χ1n) is 9.34. The number of sulfonamides is 1. The van der Waals surface area contributed by atoms with Crippen LogP contribution < -0.4 is 0 Å². The first-order valence-corrected chi connectivity index (χ1v) is 10.8. The number of hydrogen-bond donors (Lipinski definition) is 0. The molecule has 0 amide bonds. The zero-order valence-electron chi connectivity index (χ0n) is 15.9. The second kappa shape index (κ2) is 9.32. The van der Waals surface area contributed by atoms with Gasteiger partial charge in [0.1, 0.15) is 6.61 Å². The van der Waals surface area contributed by atoms with Crippen molar-refractivity contribution in [3.8, 4) is 0 Å². The number of esters is 1. The summed E-state index contributed by atoms with van der Waals surface area (Å²) in [5, 5.41) is 0. The van der Waals surface area contributed by atoms with Gasteiger partial charge in [0.15, 0.2) is 0 Å². The molecule has 0 spiro atoms. The number of morpholine rings is 1. The topological polar surface area (TPSA) is 72.9 Å². The van der Waals surface area contributed by atoms with Gasteiger partial charge in [0.2, 0.25) is 10.0 Å². The zero-order chi connectivity index (χ0) is 20.0. The fourth-order valence-electron chi connectivity index (χ4n) is 3.10. The second-order valence-corrected chi connectivity index (χ2v) is 8.78. The van der Waals surface area contributed by atoms with Crippen LogP contribution in [-0.2, 0) is 30.9 Å². The number of hydrogen-bond acceptors (Lipinski definition) is 5. The highest BCUT2D eigenvalue weighted by molar-refractivity contribution is 7.89. The maximum atomic E-state index is 12.7. The lowest BCUT2D eigenvalue weighted by atomic mass is 9.98. The summed E-state index contributed by atoms with van der Waals surface area (Å²) in [6, 6.07) is 16.3. The van der Waals surface area contributed by atoms with Gasteiger partial charge < -0.3 is 9.47 Å². The fourth-order valence-corrected chi connectivity index (χ4v) is 4.58. The largest absolute Gasteiger partial charge is 0.461 e. The van der Waals surface area contributed by atoms with Crippen molar-refractivity contribution < 1.29 is 22.7 Å². The Bertz CT molecular complexity index is 892. The summed E-state index contributed by atoms with van der Waals surface area (Å²) < 4.78 is 37.5. The van der Waals surface area contributed by atoms with Gasteiger partial charge in [-0.1, -0.05) is 49.4 Å². The summed E-state index contributed by atoms with van der Waals surface area (Å²) >= 11 is 0. The Morgan fingerprint density at radius 1 is 1.11 bits per heavy atom. The highest BCUT2D eigenvalue weighted by atomic mass is 32.2. The van der Waals surface area contributed by atoms with Crippen LogP contribution in [0.25, 0.3) is 0 Å². The molecule has 0 radical (unpaired) electrons. The monoisotopic (exact) mass is 403 g/mol. The lowest BCUT2D eigenvalue weighted by Gasteiger charge is -2.26. The molecule has 1 heterocycles. The molecular weight excluding hydrogens is 378 g/mol. The Kier molecular flexibility index (Phi) is 6.83. The van der Waals surface area contributed by atoms with Gasteiger partial charge in [-0.05, 0) is 29.2 Å². The van der Waals surface area contributed by atoms with E-state index in [4.69, 9.17) is 9.47 Å². The van der Waals surface area contributed by atoms with Crippen molar-refractivity contribution in [1.82, 2.24) is 4.31 Å². The molecule has 0 unspecified atom stereocenters. The quantitative estimate of drug-likeness (QED) is 0.665. The summed E-state index contributed by atoms with van der Waals surface area (Å²) in [6.07, 6.45) is 0.274. The Labute approximate surface area is 166 Å². The van der Waals surface area contributed by atoms with E-state index in [-0.39, 0.29) is 29.8 Å². The third-order valence-corrected chi connectivity index (χ3v) is 6.64.